The fourth-order valence-electron chi connectivity index (χ4n) is 2.79. The SMILES string of the molecule is C[C@@H](c1cc2ccccc2o1)N(C)C(=O)c1csc(-c2cnn(C)c2)n1. The lowest BCUT2D eigenvalue weighted by molar-refractivity contribution is 0.0722. The number of thiazole rings is 1. The van der Waals surface area contributed by atoms with Crippen molar-refractivity contribution < 1.29 is 9.21 Å². The van der Waals surface area contributed by atoms with E-state index in [2.05, 4.69) is 10.1 Å². The van der Waals surface area contributed by atoms with E-state index in [9.17, 15) is 4.79 Å². The molecule has 1 amide bonds. The number of fused-ring (bicyclic) bond motifs is 1. The Labute approximate surface area is 154 Å². The van der Waals surface area contributed by atoms with Crippen molar-refractivity contribution in [3.05, 3.63) is 59.6 Å². The zero-order valence-corrected chi connectivity index (χ0v) is 15.5. The van der Waals surface area contributed by atoms with Crippen LogP contribution in [0.4, 0.5) is 0 Å². The number of hydrogen-bond acceptors (Lipinski definition) is 5. The van der Waals surface area contributed by atoms with Gasteiger partial charge in [-0.2, -0.15) is 5.10 Å². The van der Waals surface area contributed by atoms with E-state index in [1.165, 1.54) is 11.3 Å². The number of furan rings is 1. The Morgan fingerprint density at radius 1 is 1.35 bits per heavy atom. The van der Waals surface area contributed by atoms with E-state index in [0.29, 0.717) is 5.69 Å². The number of benzene rings is 1. The number of carbonyl (C=O) groups excluding carboxylic acids is 1. The van der Waals surface area contributed by atoms with Gasteiger partial charge in [-0.1, -0.05) is 18.2 Å². The predicted molar refractivity (Wildman–Crippen MR) is 101 cm³/mol. The summed E-state index contributed by atoms with van der Waals surface area (Å²) in [5.74, 6) is 0.620. The van der Waals surface area contributed by atoms with E-state index in [4.69, 9.17) is 4.42 Å². The summed E-state index contributed by atoms with van der Waals surface area (Å²) in [7, 11) is 3.62. The molecule has 0 fully saturated rings. The topological polar surface area (TPSA) is 64.2 Å². The van der Waals surface area contributed by atoms with Crippen molar-refractivity contribution in [1.29, 1.82) is 0 Å². The molecule has 7 heteroatoms. The molecule has 0 aliphatic rings. The van der Waals surface area contributed by atoms with Crippen molar-refractivity contribution in [3.63, 3.8) is 0 Å². The van der Waals surface area contributed by atoms with Crippen LogP contribution in [0.25, 0.3) is 21.5 Å². The maximum atomic E-state index is 12.8. The minimum absolute atomic E-state index is 0.135. The van der Waals surface area contributed by atoms with Crippen LogP contribution in [0.2, 0.25) is 0 Å². The van der Waals surface area contributed by atoms with Crippen molar-refractivity contribution in [2.45, 2.75) is 13.0 Å². The van der Waals surface area contributed by atoms with Gasteiger partial charge in [-0.05, 0) is 19.1 Å². The molecule has 0 spiro atoms. The largest absolute Gasteiger partial charge is 0.459 e. The van der Waals surface area contributed by atoms with Crippen LogP contribution in [-0.4, -0.2) is 32.6 Å². The van der Waals surface area contributed by atoms with E-state index >= 15 is 0 Å². The molecular formula is C19H18N4O2S. The number of aromatic nitrogens is 3. The van der Waals surface area contributed by atoms with Crippen molar-refractivity contribution >= 4 is 28.2 Å². The van der Waals surface area contributed by atoms with Gasteiger partial charge in [-0.3, -0.25) is 9.48 Å². The Kier molecular flexibility index (Phi) is 4.08. The Morgan fingerprint density at radius 3 is 2.88 bits per heavy atom. The van der Waals surface area contributed by atoms with Crippen LogP contribution < -0.4 is 0 Å². The lowest BCUT2D eigenvalue weighted by Gasteiger charge is -2.22. The maximum Gasteiger partial charge on any atom is 0.273 e. The predicted octanol–water partition coefficient (Wildman–Crippen LogP) is 4.12. The van der Waals surface area contributed by atoms with E-state index in [-0.39, 0.29) is 11.9 Å². The summed E-state index contributed by atoms with van der Waals surface area (Å²) >= 11 is 1.44. The van der Waals surface area contributed by atoms with Gasteiger partial charge >= 0.3 is 0 Å². The molecule has 0 bridgehead atoms. The summed E-state index contributed by atoms with van der Waals surface area (Å²) < 4.78 is 7.61. The molecule has 0 unspecified atom stereocenters. The van der Waals surface area contributed by atoms with Gasteiger partial charge in [0.25, 0.3) is 5.91 Å². The number of carbonyl (C=O) groups is 1. The molecule has 6 nitrogen and oxygen atoms in total. The zero-order valence-electron chi connectivity index (χ0n) is 14.7. The number of nitrogens with zero attached hydrogens (tertiary/aromatic N) is 4. The molecule has 26 heavy (non-hydrogen) atoms. The maximum absolute atomic E-state index is 12.8. The van der Waals surface area contributed by atoms with Crippen molar-refractivity contribution in [2.24, 2.45) is 7.05 Å². The van der Waals surface area contributed by atoms with Crippen LogP contribution in [0.5, 0.6) is 0 Å². The summed E-state index contributed by atoms with van der Waals surface area (Å²) in [5, 5.41) is 7.74. The summed E-state index contributed by atoms with van der Waals surface area (Å²) in [6.45, 7) is 1.95. The van der Waals surface area contributed by atoms with Crippen LogP contribution in [-0.2, 0) is 7.05 Å². The van der Waals surface area contributed by atoms with Crippen LogP contribution in [0.15, 0.2) is 52.5 Å². The lowest BCUT2D eigenvalue weighted by atomic mass is 10.2. The highest BCUT2D eigenvalue weighted by molar-refractivity contribution is 7.13. The first-order valence-electron chi connectivity index (χ1n) is 8.23. The Hall–Kier alpha value is -2.93. The molecule has 132 valence electrons. The molecule has 0 saturated carbocycles. The zero-order chi connectivity index (χ0) is 18.3. The first-order valence-corrected chi connectivity index (χ1v) is 9.11. The highest BCUT2D eigenvalue weighted by Crippen LogP contribution is 2.29. The fourth-order valence-corrected chi connectivity index (χ4v) is 3.56. The molecule has 4 aromatic rings. The van der Waals surface area contributed by atoms with Crippen molar-refractivity contribution in [2.75, 3.05) is 7.05 Å². The van der Waals surface area contributed by atoms with Gasteiger partial charge < -0.3 is 9.32 Å². The number of amides is 1. The Balaban J connectivity index is 1.56. The molecular weight excluding hydrogens is 348 g/mol. The van der Waals surface area contributed by atoms with Gasteiger partial charge in [0, 0.05) is 36.6 Å². The van der Waals surface area contributed by atoms with E-state index in [0.717, 1.165) is 27.3 Å². The third-order valence-electron chi connectivity index (χ3n) is 4.43. The van der Waals surface area contributed by atoms with Crippen LogP contribution >= 0.6 is 11.3 Å². The summed E-state index contributed by atoms with van der Waals surface area (Å²) in [6.07, 6.45) is 3.63. The molecule has 0 aliphatic heterocycles. The van der Waals surface area contributed by atoms with Gasteiger partial charge in [0.15, 0.2) is 0 Å². The minimum Gasteiger partial charge on any atom is -0.459 e. The average Bonchev–Trinajstić information content (AvgIpc) is 3.37. The fraction of sp³-hybridized carbons (Fsp3) is 0.211. The Bertz CT molecular complexity index is 1050. The van der Waals surface area contributed by atoms with Crippen molar-refractivity contribution in [1.82, 2.24) is 19.7 Å². The number of hydrogen-bond donors (Lipinski definition) is 0. The van der Waals surface area contributed by atoms with Crippen LogP contribution in [0.1, 0.15) is 29.2 Å². The second kappa shape index (κ2) is 6.42. The monoisotopic (exact) mass is 366 g/mol. The third kappa shape index (κ3) is 2.90. The molecule has 1 atom stereocenters. The highest BCUT2D eigenvalue weighted by Gasteiger charge is 2.24. The molecule has 3 heterocycles. The van der Waals surface area contributed by atoms with Crippen molar-refractivity contribution in [3.8, 4) is 10.6 Å². The molecule has 4 rings (SSSR count). The summed E-state index contributed by atoms with van der Waals surface area (Å²) in [5.41, 5.74) is 2.16. The quantitative estimate of drug-likeness (QED) is 0.545. The number of aryl methyl sites for hydroxylation is 1. The first kappa shape index (κ1) is 16.5. The number of rotatable bonds is 4. The van der Waals surface area contributed by atoms with Gasteiger partial charge in [0.1, 0.15) is 22.0 Å². The van der Waals surface area contributed by atoms with Gasteiger partial charge in [-0.25, -0.2) is 4.98 Å². The molecule has 0 saturated heterocycles. The second-order valence-corrected chi connectivity index (χ2v) is 7.08. The molecule has 0 aliphatic carbocycles. The summed E-state index contributed by atoms with van der Waals surface area (Å²) in [6, 6.07) is 9.61. The smallest absolute Gasteiger partial charge is 0.273 e. The van der Waals surface area contributed by atoms with Crippen LogP contribution in [0.3, 0.4) is 0 Å². The van der Waals surface area contributed by atoms with E-state index in [1.54, 1.807) is 28.2 Å². The standard InChI is InChI=1S/C19H18N4O2S/c1-12(17-8-13-6-4-5-7-16(13)25-17)23(3)19(24)15-11-26-18(21-15)14-9-20-22(2)10-14/h4-12H,1-3H3/t12-/m0/s1. The second-order valence-electron chi connectivity index (χ2n) is 6.22. The molecule has 3 aromatic heterocycles. The third-order valence-corrected chi connectivity index (χ3v) is 5.32. The molecule has 1 aromatic carbocycles. The average molecular weight is 366 g/mol. The summed E-state index contributed by atoms with van der Waals surface area (Å²) in [4.78, 5) is 19.0. The highest BCUT2D eigenvalue weighted by atomic mass is 32.1. The van der Waals surface area contributed by atoms with Gasteiger partial charge in [0.2, 0.25) is 0 Å². The van der Waals surface area contributed by atoms with Gasteiger partial charge in [-0.15, -0.1) is 11.3 Å². The first-order chi connectivity index (χ1) is 12.5. The normalized spacial score (nSPS) is 12.4. The van der Waals surface area contributed by atoms with E-state index < -0.39 is 0 Å². The molecule has 0 radical (unpaired) electrons. The van der Waals surface area contributed by atoms with Crippen LogP contribution in [0, 0.1) is 0 Å². The minimum atomic E-state index is -0.196. The Morgan fingerprint density at radius 2 is 2.15 bits per heavy atom. The number of para-hydroxylation sites is 1. The lowest BCUT2D eigenvalue weighted by Crippen LogP contribution is -2.29. The molecule has 0 N–H and O–H groups in total. The van der Waals surface area contributed by atoms with Gasteiger partial charge in [0.05, 0.1) is 12.2 Å². The van der Waals surface area contributed by atoms with E-state index in [1.807, 2.05) is 50.5 Å².